The molecule has 0 spiro atoms. The summed E-state index contributed by atoms with van der Waals surface area (Å²) in [5, 5.41) is 27.4. The number of aliphatic hydroxyl groups excluding tert-OH is 1. The second-order valence-corrected chi connectivity index (χ2v) is 20.6. The number of carbonyl (C=O) groups is 3. The summed E-state index contributed by atoms with van der Waals surface area (Å²) in [6.45, 7) is 21.0. The van der Waals surface area contributed by atoms with Gasteiger partial charge in [0, 0.05) is 35.2 Å². The predicted molar refractivity (Wildman–Crippen MR) is 202 cm³/mol. The van der Waals surface area contributed by atoms with E-state index >= 15 is 0 Å². The SMILES string of the molecule is CC(C)C1=C2C3CCC4C5(C)CCC(OC(=O)CC(C)(C)C(=O)O)C(C)(C)C5CCC4(C)C3(C)CCC2(C(O)CNCCc2cccs2)CC1=O. The monoisotopic (exact) mass is 723 g/mol. The van der Waals surface area contributed by atoms with Gasteiger partial charge >= 0.3 is 11.9 Å². The maximum Gasteiger partial charge on any atom is 0.309 e. The second kappa shape index (κ2) is 13.4. The number of carboxylic acids is 1. The van der Waals surface area contributed by atoms with Gasteiger partial charge in [0.1, 0.15) is 6.10 Å². The Hall–Kier alpha value is -2.03. The number of esters is 1. The second-order valence-electron chi connectivity index (χ2n) is 19.6. The molecule has 4 fully saturated rings. The first-order valence-corrected chi connectivity index (χ1v) is 20.7. The van der Waals surface area contributed by atoms with Crippen LogP contribution in [0.4, 0.5) is 0 Å². The number of thiophene rings is 1. The summed E-state index contributed by atoms with van der Waals surface area (Å²) in [5.74, 6) is 0.151. The van der Waals surface area contributed by atoms with Gasteiger partial charge in [-0.2, -0.15) is 0 Å². The lowest BCUT2D eigenvalue weighted by Gasteiger charge is -2.72. The number of rotatable bonds is 11. The number of ether oxygens (including phenoxy) is 1. The largest absolute Gasteiger partial charge is 0.481 e. The van der Waals surface area contributed by atoms with Gasteiger partial charge in [-0.05, 0) is 129 Å². The molecule has 3 N–H and O–H groups in total. The Balaban J connectivity index is 1.25. The van der Waals surface area contributed by atoms with Gasteiger partial charge in [0.15, 0.2) is 5.78 Å². The molecule has 0 amide bonds. The highest BCUT2D eigenvalue weighted by Gasteiger charge is 2.70. The van der Waals surface area contributed by atoms with Crippen molar-refractivity contribution < 1.29 is 29.3 Å². The van der Waals surface area contributed by atoms with Crippen molar-refractivity contribution in [3.8, 4) is 0 Å². The molecule has 0 aliphatic heterocycles. The molecule has 7 nitrogen and oxygen atoms in total. The number of carboxylic acid groups (broad SMARTS) is 1. The summed E-state index contributed by atoms with van der Waals surface area (Å²) in [7, 11) is 0. The molecule has 9 unspecified atom stereocenters. The molecular weight excluding hydrogens is 659 g/mol. The molecule has 51 heavy (non-hydrogen) atoms. The van der Waals surface area contributed by atoms with Crippen LogP contribution in [0.3, 0.4) is 0 Å². The van der Waals surface area contributed by atoms with Crippen molar-refractivity contribution in [2.45, 2.75) is 145 Å². The van der Waals surface area contributed by atoms with Crippen molar-refractivity contribution in [3.05, 3.63) is 33.5 Å². The van der Waals surface area contributed by atoms with E-state index in [-0.39, 0.29) is 51.8 Å². The highest BCUT2D eigenvalue weighted by molar-refractivity contribution is 7.09. The molecule has 5 aliphatic rings. The van der Waals surface area contributed by atoms with Crippen LogP contribution < -0.4 is 5.32 Å². The molecule has 1 heterocycles. The zero-order valence-electron chi connectivity index (χ0n) is 32.8. The van der Waals surface area contributed by atoms with E-state index in [1.54, 1.807) is 25.2 Å². The third kappa shape index (κ3) is 6.09. The maximum absolute atomic E-state index is 14.0. The third-order valence-electron chi connectivity index (χ3n) is 16.0. The van der Waals surface area contributed by atoms with Crippen LogP contribution in [0.1, 0.15) is 131 Å². The minimum absolute atomic E-state index is 0.00960. The lowest BCUT2D eigenvalue weighted by atomic mass is 9.33. The fourth-order valence-electron chi connectivity index (χ4n) is 13.0. The van der Waals surface area contributed by atoms with Gasteiger partial charge in [0.2, 0.25) is 0 Å². The molecular formula is C43H65NO6S. The van der Waals surface area contributed by atoms with Gasteiger partial charge in [-0.1, -0.05) is 60.1 Å². The highest BCUT2D eigenvalue weighted by Crippen LogP contribution is 2.77. The fraction of sp³-hybridized carbons (Fsp3) is 0.791. The van der Waals surface area contributed by atoms with E-state index in [2.05, 4.69) is 71.3 Å². The topological polar surface area (TPSA) is 113 Å². The summed E-state index contributed by atoms with van der Waals surface area (Å²) in [6, 6.07) is 4.24. The van der Waals surface area contributed by atoms with E-state index in [9.17, 15) is 24.6 Å². The number of aliphatic hydroxyl groups is 1. The molecule has 0 aromatic carbocycles. The lowest BCUT2D eigenvalue weighted by molar-refractivity contribution is -0.235. The van der Waals surface area contributed by atoms with E-state index in [0.29, 0.717) is 24.8 Å². The number of hydrogen-bond donors (Lipinski definition) is 3. The molecule has 4 saturated carbocycles. The summed E-state index contributed by atoms with van der Waals surface area (Å²) >= 11 is 1.77. The Morgan fingerprint density at radius 3 is 2.37 bits per heavy atom. The van der Waals surface area contributed by atoms with Crippen LogP contribution in [0.25, 0.3) is 0 Å². The van der Waals surface area contributed by atoms with E-state index in [0.717, 1.165) is 69.9 Å². The smallest absolute Gasteiger partial charge is 0.309 e. The number of hydrogen-bond acceptors (Lipinski definition) is 7. The predicted octanol–water partition coefficient (Wildman–Crippen LogP) is 8.63. The van der Waals surface area contributed by atoms with Crippen molar-refractivity contribution in [1.29, 1.82) is 0 Å². The maximum atomic E-state index is 14.0. The van der Waals surface area contributed by atoms with Crippen molar-refractivity contribution in [3.63, 3.8) is 0 Å². The summed E-state index contributed by atoms with van der Waals surface area (Å²) in [5.41, 5.74) is 0.612. The van der Waals surface area contributed by atoms with Crippen LogP contribution in [0.15, 0.2) is 28.7 Å². The van der Waals surface area contributed by atoms with E-state index < -0.39 is 28.9 Å². The minimum Gasteiger partial charge on any atom is -0.481 e. The Morgan fingerprint density at radius 2 is 1.73 bits per heavy atom. The van der Waals surface area contributed by atoms with Gasteiger partial charge in [-0.3, -0.25) is 14.4 Å². The van der Waals surface area contributed by atoms with Gasteiger partial charge in [0.05, 0.1) is 17.9 Å². The summed E-state index contributed by atoms with van der Waals surface area (Å²) in [4.78, 5) is 40.1. The lowest BCUT2D eigenvalue weighted by Crippen LogP contribution is -2.66. The molecule has 8 heteroatoms. The molecule has 9 atom stereocenters. The average Bonchev–Trinajstić information content (AvgIpc) is 3.66. The quantitative estimate of drug-likeness (QED) is 0.155. The molecule has 284 valence electrons. The molecule has 6 rings (SSSR count). The van der Waals surface area contributed by atoms with E-state index in [1.807, 2.05) is 0 Å². The van der Waals surface area contributed by atoms with Crippen LogP contribution in [-0.2, 0) is 25.5 Å². The first-order valence-electron chi connectivity index (χ1n) is 19.9. The summed E-state index contributed by atoms with van der Waals surface area (Å²) in [6.07, 6.45) is 8.37. The first-order chi connectivity index (χ1) is 23.7. The normalized spacial score (nSPS) is 38.1. The highest BCUT2D eigenvalue weighted by atomic mass is 32.1. The van der Waals surface area contributed by atoms with E-state index in [1.165, 1.54) is 10.5 Å². The van der Waals surface area contributed by atoms with Crippen molar-refractivity contribution in [2.75, 3.05) is 13.1 Å². The van der Waals surface area contributed by atoms with Crippen molar-refractivity contribution in [2.24, 2.45) is 56.2 Å². The van der Waals surface area contributed by atoms with Crippen LogP contribution in [0, 0.1) is 56.2 Å². The molecule has 0 radical (unpaired) electrons. The molecule has 0 bridgehead atoms. The Morgan fingerprint density at radius 1 is 1.00 bits per heavy atom. The third-order valence-corrected chi connectivity index (χ3v) is 16.9. The van der Waals surface area contributed by atoms with Crippen LogP contribution in [-0.4, -0.2) is 53.2 Å². The minimum atomic E-state index is -1.16. The number of allylic oxidation sites excluding steroid dienone is 1. The van der Waals surface area contributed by atoms with Crippen LogP contribution >= 0.6 is 11.3 Å². The number of nitrogens with one attached hydrogen (secondary N) is 1. The van der Waals surface area contributed by atoms with E-state index in [4.69, 9.17) is 4.74 Å². The Bertz CT molecular complexity index is 1540. The van der Waals surface area contributed by atoms with Gasteiger partial charge in [-0.15, -0.1) is 11.3 Å². The first kappa shape index (κ1) is 38.7. The standard InChI is InChI=1S/C43H65NO6S/c1-26(2)35-29(45)23-43(32(46)25-44-21-16-27-11-10-22-51-27)20-19-41(8)28(36(35)43)12-13-31-40(7)17-15-33(50-34(47)24-38(3,4)37(48)49)39(5,6)30(40)14-18-42(31,41)9/h10-11,22,26,28,30-33,44,46H,12-21,23-25H2,1-9H3,(H,48,49). The molecule has 0 saturated heterocycles. The zero-order valence-corrected chi connectivity index (χ0v) is 33.6. The van der Waals surface area contributed by atoms with Crippen molar-refractivity contribution in [1.82, 2.24) is 5.32 Å². The number of aliphatic carboxylic acids is 1. The summed E-state index contributed by atoms with van der Waals surface area (Å²) < 4.78 is 6.16. The van der Waals surface area contributed by atoms with Gasteiger partial charge in [-0.25, -0.2) is 0 Å². The number of Topliss-reactive ketones (excluding diaryl/α,β-unsaturated/α-hetero) is 1. The van der Waals surface area contributed by atoms with Crippen LogP contribution in [0.5, 0.6) is 0 Å². The zero-order chi connectivity index (χ0) is 37.4. The molecule has 1 aromatic heterocycles. The average molecular weight is 724 g/mol. The number of carbonyl (C=O) groups excluding carboxylic acids is 2. The van der Waals surface area contributed by atoms with Crippen LogP contribution in [0.2, 0.25) is 0 Å². The number of fused-ring (bicyclic) bond motifs is 7. The van der Waals surface area contributed by atoms with Gasteiger partial charge < -0.3 is 20.3 Å². The Labute approximate surface area is 310 Å². The molecule has 5 aliphatic carbocycles. The number of ketones is 1. The van der Waals surface area contributed by atoms with Crippen molar-refractivity contribution >= 4 is 29.1 Å². The molecule has 1 aromatic rings. The Kier molecular flexibility index (Phi) is 10.1. The fourth-order valence-corrected chi connectivity index (χ4v) is 13.7. The van der Waals surface area contributed by atoms with Gasteiger partial charge in [0.25, 0.3) is 0 Å².